The molecule has 0 amide bonds. The number of unbranched alkanes of at least 4 members (excludes halogenated alkanes) is 3. The maximum Gasteiger partial charge on any atom is 0.241 e. The van der Waals surface area contributed by atoms with Crippen LogP contribution >= 0.6 is 11.5 Å². The molecule has 8 heteroatoms. The van der Waals surface area contributed by atoms with Gasteiger partial charge in [0.2, 0.25) is 10.0 Å². The van der Waals surface area contributed by atoms with Crippen molar-refractivity contribution in [1.82, 2.24) is 14.0 Å². The van der Waals surface area contributed by atoms with Crippen molar-refractivity contribution >= 4 is 48.2 Å². The summed E-state index contributed by atoms with van der Waals surface area (Å²) >= 11 is 1.58. The lowest BCUT2D eigenvalue weighted by Crippen LogP contribution is -2.46. The summed E-state index contributed by atoms with van der Waals surface area (Å²) in [5.41, 5.74) is 0. The van der Waals surface area contributed by atoms with E-state index in [4.69, 9.17) is 4.37 Å². The molecule has 1 N–H and O–H groups in total. The van der Waals surface area contributed by atoms with Crippen molar-refractivity contribution in [3.63, 3.8) is 0 Å². The maximum atomic E-state index is 12.8. The first-order valence-electron chi connectivity index (χ1n) is 12.4. The van der Waals surface area contributed by atoms with Crippen LogP contribution in [0.25, 0.3) is 20.9 Å². The number of nitrogens with zero attached hydrogens (tertiary/aromatic N) is 3. The molecule has 184 valence electrons. The van der Waals surface area contributed by atoms with E-state index in [0.29, 0.717) is 11.4 Å². The molecule has 35 heavy (non-hydrogen) atoms. The SMILES string of the molecule is O=S(=O)(NCCCCCCN1CCN(c2nsc3ccccc23)CC1)c1cccc2ccccc12. The largest absolute Gasteiger partial charge is 0.353 e. The minimum atomic E-state index is -3.50. The Kier molecular flexibility index (Phi) is 7.63. The smallest absolute Gasteiger partial charge is 0.241 e. The van der Waals surface area contributed by atoms with Gasteiger partial charge in [0.25, 0.3) is 0 Å². The first-order chi connectivity index (χ1) is 17.1. The van der Waals surface area contributed by atoms with Crippen LogP contribution in [0.4, 0.5) is 5.82 Å². The number of piperazine rings is 1. The molecule has 6 nitrogen and oxygen atoms in total. The molecular weight excluding hydrogens is 476 g/mol. The zero-order chi connectivity index (χ0) is 24.1. The Morgan fingerprint density at radius 3 is 2.37 bits per heavy atom. The van der Waals surface area contributed by atoms with Gasteiger partial charge in [-0.3, -0.25) is 4.90 Å². The number of benzene rings is 3. The second-order valence-corrected chi connectivity index (χ2v) is 11.7. The van der Waals surface area contributed by atoms with Gasteiger partial charge in [-0.05, 0) is 54.5 Å². The van der Waals surface area contributed by atoms with E-state index in [1.165, 1.54) is 10.1 Å². The summed E-state index contributed by atoms with van der Waals surface area (Å²) < 4.78 is 34.3. The van der Waals surface area contributed by atoms with E-state index in [2.05, 4.69) is 38.8 Å². The summed E-state index contributed by atoms with van der Waals surface area (Å²) in [6, 6.07) is 21.5. The summed E-state index contributed by atoms with van der Waals surface area (Å²) in [6.07, 6.45) is 4.15. The van der Waals surface area contributed by atoms with E-state index in [-0.39, 0.29) is 0 Å². The lowest BCUT2D eigenvalue weighted by atomic mass is 10.1. The lowest BCUT2D eigenvalue weighted by Gasteiger charge is -2.35. The highest BCUT2D eigenvalue weighted by Crippen LogP contribution is 2.30. The van der Waals surface area contributed by atoms with Gasteiger partial charge in [-0.1, -0.05) is 61.4 Å². The van der Waals surface area contributed by atoms with Crippen LogP contribution in [0.15, 0.2) is 71.6 Å². The topological polar surface area (TPSA) is 65.5 Å². The summed E-state index contributed by atoms with van der Waals surface area (Å²) in [5, 5.41) is 2.98. The third-order valence-corrected chi connectivity index (χ3v) is 9.10. The molecular formula is C27H32N4O2S2. The van der Waals surface area contributed by atoms with Gasteiger partial charge in [-0.2, -0.15) is 4.37 Å². The van der Waals surface area contributed by atoms with Crippen LogP contribution in [0, 0.1) is 0 Å². The minimum absolute atomic E-state index is 0.361. The molecule has 1 aliphatic rings. The van der Waals surface area contributed by atoms with Gasteiger partial charge < -0.3 is 4.90 Å². The Balaban J connectivity index is 1.000. The molecule has 0 spiro atoms. The highest BCUT2D eigenvalue weighted by Gasteiger charge is 2.20. The maximum absolute atomic E-state index is 12.8. The molecule has 2 heterocycles. The van der Waals surface area contributed by atoms with Crippen LogP contribution in [-0.2, 0) is 10.0 Å². The van der Waals surface area contributed by atoms with Gasteiger partial charge in [0.1, 0.15) is 5.82 Å². The van der Waals surface area contributed by atoms with Gasteiger partial charge in [0.15, 0.2) is 0 Å². The molecule has 5 rings (SSSR count). The average molecular weight is 509 g/mol. The van der Waals surface area contributed by atoms with Gasteiger partial charge in [0.05, 0.1) is 9.60 Å². The average Bonchev–Trinajstić information content (AvgIpc) is 3.32. The van der Waals surface area contributed by atoms with Gasteiger partial charge in [0, 0.05) is 43.5 Å². The van der Waals surface area contributed by atoms with Gasteiger partial charge >= 0.3 is 0 Å². The highest BCUT2D eigenvalue weighted by molar-refractivity contribution is 7.89. The fourth-order valence-corrected chi connectivity index (χ4v) is 6.91. The number of hydrogen-bond acceptors (Lipinski definition) is 6. The molecule has 0 radical (unpaired) electrons. The van der Waals surface area contributed by atoms with Crippen molar-refractivity contribution < 1.29 is 8.42 Å². The molecule has 0 unspecified atom stereocenters. The fraction of sp³-hybridized carbons (Fsp3) is 0.370. The standard InChI is InChI=1S/C27H32N4O2S2/c32-35(33,26-15-9-11-22-10-3-4-12-23(22)26)28-16-7-1-2-8-17-30-18-20-31(21-19-30)27-24-13-5-6-14-25(24)34-29-27/h3-6,9-15,28H,1-2,7-8,16-21H2. The van der Waals surface area contributed by atoms with Crippen LogP contribution in [-0.4, -0.2) is 57.0 Å². The van der Waals surface area contributed by atoms with Gasteiger partial charge in [-0.15, -0.1) is 0 Å². The molecule has 3 aromatic carbocycles. The lowest BCUT2D eigenvalue weighted by molar-refractivity contribution is 0.252. The summed E-state index contributed by atoms with van der Waals surface area (Å²) in [7, 11) is -3.50. The normalized spacial score (nSPS) is 15.3. The van der Waals surface area contributed by atoms with E-state index in [0.717, 1.165) is 75.0 Å². The number of nitrogens with one attached hydrogen (secondary N) is 1. The summed E-state index contributed by atoms with van der Waals surface area (Å²) in [5.74, 6) is 1.14. The monoisotopic (exact) mass is 508 g/mol. The highest BCUT2D eigenvalue weighted by atomic mass is 32.2. The Morgan fingerprint density at radius 2 is 1.51 bits per heavy atom. The van der Waals surface area contributed by atoms with E-state index in [9.17, 15) is 8.42 Å². The Labute approximate surface area is 211 Å². The van der Waals surface area contributed by atoms with Gasteiger partial charge in [-0.25, -0.2) is 13.1 Å². The Hall–Kier alpha value is -2.52. The number of sulfonamides is 1. The Morgan fingerprint density at radius 1 is 0.800 bits per heavy atom. The summed E-state index contributed by atoms with van der Waals surface area (Å²) in [4.78, 5) is 5.31. The predicted molar refractivity (Wildman–Crippen MR) is 146 cm³/mol. The van der Waals surface area contributed by atoms with Crippen molar-refractivity contribution in [2.75, 3.05) is 44.2 Å². The first kappa shape index (κ1) is 24.2. The molecule has 1 saturated heterocycles. The minimum Gasteiger partial charge on any atom is -0.353 e. The molecule has 0 saturated carbocycles. The predicted octanol–water partition coefficient (Wildman–Crippen LogP) is 5.11. The van der Waals surface area contributed by atoms with Crippen LogP contribution in [0.5, 0.6) is 0 Å². The van der Waals surface area contributed by atoms with Crippen molar-refractivity contribution in [3.8, 4) is 0 Å². The van der Waals surface area contributed by atoms with Crippen molar-refractivity contribution in [2.45, 2.75) is 30.6 Å². The number of hydrogen-bond donors (Lipinski definition) is 1. The second-order valence-electron chi connectivity index (χ2n) is 9.12. The van der Waals surface area contributed by atoms with Crippen LogP contribution < -0.4 is 9.62 Å². The second kappa shape index (κ2) is 11.0. The quantitative estimate of drug-likeness (QED) is 0.302. The zero-order valence-electron chi connectivity index (χ0n) is 19.9. The Bertz CT molecular complexity index is 1370. The number of fused-ring (bicyclic) bond motifs is 2. The summed E-state index contributed by atoms with van der Waals surface area (Å²) in [6.45, 7) is 5.75. The third kappa shape index (κ3) is 5.67. The first-order valence-corrected chi connectivity index (χ1v) is 14.7. The number of rotatable bonds is 10. The number of aromatic nitrogens is 1. The fourth-order valence-electron chi connectivity index (χ4n) is 4.81. The van der Waals surface area contributed by atoms with Crippen LogP contribution in [0.2, 0.25) is 0 Å². The van der Waals surface area contributed by atoms with E-state index in [1.807, 2.05) is 30.3 Å². The molecule has 0 aliphatic carbocycles. The molecule has 0 atom stereocenters. The van der Waals surface area contributed by atoms with Crippen molar-refractivity contribution in [3.05, 3.63) is 66.7 Å². The zero-order valence-corrected chi connectivity index (χ0v) is 21.5. The molecule has 0 bridgehead atoms. The molecule has 4 aromatic rings. The van der Waals surface area contributed by atoms with E-state index < -0.39 is 10.0 Å². The molecule has 1 aromatic heterocycles. The van der Waals surface area contributed by atoms with Crippen LogP contribution in [0.1, 0.15) is 25.7 Å². The third-order valence-electron chi connectivity index (χ3n) is 6.76. The number of anilines is 1. The molecule has 1 fully saturated rings. The van der Waals surface area contributed by atoms with E-state index >= 15 is 0 Å². The van der Waals surface area contributed by atoms with Crippen LogP contribution in [0.3, 0.4) is 0 Å². The molecule has 1 aliphatic heterocycles. The van der Waals surface area contributed by atoms with Crippen molar-refractivity contribution in [2.24, 2.45) is 0 Å². The van der Waals surface area contributed by atoms with E-state index in [1.54, 1.807) is 23.7 Å². The van der Waals surface area contributed by atoms with Crippen molar-refractivity contribution in [1.29, 1.82) is 0 Å².